The Balaban J connectivity index is 2.47. The van der Waals surface area contributed by atoms with Crippen molar-refractivity contribution in [3.8, 4) is 0 Å². The molecule has 1 rings (SSSR count). The summed E-state index contributed by atoms with van der Waals surface area (Å²) in [6, 6.07) is 8.08. The highest BCUT2D eigenvalue weighted by atomic mass is 16.4. The van der Waals surface area contributed by atoms with Crippen LogP contribution in [0.3, 0.4) is 0 Å². The summed E-state index contributed by atoms with van der Waals surface area (Å²) in [7, 11) is 0. The molecule has 0 aromatic heterocycles. The maximum Gasteiger partial charge on any atom is 0.320 e. The number of aliphatic carboxylic acids is 1. The van der Waals surface area contributed by atoms with Crippen molar-refractivity contribution in [2.24, 2.45) is 5.73 Å². The van der Waals surface area contributed by atoms with Crippen molar-refractivity contribution in [1.29, 1.82) is 0 Å². The smallest absolute Gasteiger partial charge is 0.320 e. The summed E-state index contributed by atoms with van der Waals surface area (Å²) in [5.41, 5.74) is 6.13. The van der Waals surface area contributed by atoms with Gasteiger partial charge in [0.2, 0.25) is 0 Å². The van der Waals surface area contributed by atoms with Gasteiger partial charge in [0.1, 0.15) is 11.8 Å². The summed E-state index contributed by atoms with van der Waals surface area (Å²) in [6.45, 7) is 0. The van der Waals surface area contributed by atoms with Crippen molar-refractivity contribution < 1.29 is 14.7 Å². The van der Waals surface area contributed by atoms with Crippen LogP contribution in [0.15, 0.2) is 30.3 Å². The highest BCUT2D eigenvalue weighted by Gasteiger charge is 2.16. The molecule has 0 aliphatic heterocycles. The second kappa shape index (κ2) is 5.26. The Hall–Kier alpha value is -1.68. The second-order valence-electron chi connectivity index (χ2n) is 3.35. The largest absolute Gasteiger partial charge is 0.480 e. The summed E-state index contributed by atoms with van der Waals surface area (Å²) < 4.78 is 0. The van der Waals surface area contributed by atoms with E-state index in [4.69, 9.17) is 10.8 Å². The number of nitrogens with two attached hydrogens (primary N) is 1. The van der Waals surface area contributed by atoms with Gasteiger partial charge in [-0.3, -0.25) is 9.59 Å². The van der Waals surface area contributed by atoms with Crippen LogP contribution in [0.4, 0.5) is 0 Å². The summed E-state index contributed by atoms with van der Waals surface area (Å²) >= 11 is 0. The monoisotopic (exact) mass is 207 g/mol. The van der Waals surface area contributed by atoms with E-state index in [9.17, 15) is 9.59 Å². The Morgan fingerprint density at radius 2 is 1.87 bits per heavy atom. The third kappa shape index (κ3) is 3.91. The van der Waals surface area contributed by atoms with Crippen molar-refractivity contribution in [2.75, 3.05) is 0 Å². The molecular formula is C11H13NO3. The van der Waals surface area contributed by atoms with Gasteiger partial charge in [-0.25, -0.2) is 0 Å². The van der Waals surface area contributed by atoms with Gasteiger partial charge in [0.05, 0.1) is 0 Å². The van der Waals surface area contributed by atoms with Gasteiger partial charge in [-0.1, -0.05) is 30.3 Å². The molecule has 0 fully saturated rings. The minimum atomic E-state index is -1.14. The first kappa shape index (κ1) is 11.4. The molecule has 0 aliphatic rings. The van der Waals surface area contributed by atoms with E-state index in [1.54, 1.807) is 0 Å². The van der Waals surface area contributed by atoms with Crippen LogP contribution in [0.5, 0.6) is 0 Å². The Labute approximate surface area is 87.7 Å². The minimum absolute atomic E-state index is 0.121. The van der Waals surface area contributed by atoms with Crippen LogP contribution in [0, 0.1) is 0 Å². The van der Waals surface area contributed by atoms with E-state index in [0.29, 0.717) is 0 Å². The lowest BCUT2D eigenvalue weighted by molar-refractivity contribution is -0.140. The quantitative estimate of drug-likeness (QED) is 0.740. The summed E-state index contributed by atoms with van der Waals surface area (Å²) in [6.07, 6.45) is 0.117. The number of rotatable bonds is 5. The van der Waals surface area contributed by atoms with Gasteiger partial charge in [0, 0.05) is 12.8 Å². The van der Waals surface area contributed by atoms with E-state index in [1.165, 1.54) is 0 Å². The number of benzene rings is 1. The second-order valence-corrected chi connectivity index (χ2v) is 3.35. The Kier molecular flexibility index (Phi) is 4.00. The number of carbonyl (C=O) groups excluding carboxylic acids is 1. The maximum absolute atomic E-state index is 11.4. The minimum Gasteiger partial charge on any atom is -0.480 e. The first-order valence-electron chi connectivity index (χ1n) is 4.63. The van der Waals surface area contributed by atoms with Gasteiger partial charge in [-0.2, -0.15) is 0 Å². The van der Waals surface area contributed by atoms with Crippen molar-refractivity contribution >= 4 is 11.8 Å². The SMILES string of the molecule is NC(CC(=O)Cc1ccccc1)C(=O)O. The summed E-state index contributed by atoms with van der Waals surface area (Å²) in [4.78, 5) is 21.8. The van der Waals surface area contributed by atoms with Crippen molar-refractivity contribution in [3.63, 3.8) is 0 Å². The third-order valence-electron chi connectivity index (χ3n) is 2.01. The van der Waals surface area contributed by atoms with Gasteiger partial charge in [0.25, 0.3) is 0 Å². The molecule has 0 spiro atoms. The molecule has 80 valence electrons. The molecule has 4 nitrogen and oxygen atoms in total. The molecule has 3 N–H and O–H groups in total. The molecule has 0 heterocycles. The van der Waals surface area contributed by atoms with E-state index in [0.717, 1.165) is 5.56 Å². The van der Waals surface area contributed by atoms with E-state index >= 15 is 0 Å². The zero-order valence-electron chi connectivity index (χ0n) is 8.22. The van der Waals surface area contributed by atoms with Crippen molar-refractivity contribution in [1.82, 2.24) is 0 Å². The Bertz CT molecular complexity index is 348. The maximum atomic E-state index is 11.4. The number of carbonyl (C=O) groups is 2. The van der Waals surface area contributed by atoms with Crippen LogP contribution in [-0.2, 0) is 16.0 Å². The highest BCUT2D eigenvalue weighted by molar-refractivity contribution is 5.86. The Morgan fingerprint density at radius 3 is 2.40 bits per heavy atom. The topological polar surface area (TPSA) is 80.4 Å². The first-order chi connectivity index (χ1) is 7.09. The molecule has 0 bridgehead atoms. The van der Waals surface area contributed by atoms with E-state index in [-0.39, 0.29) is 18.6 Å². The molecule has 1 atom stereocenters. The fraction of sp³-hybridized carbons (Fsp3) is 0.273. The lowest BCUT2D eigenvalue weighted by Gasteiger charge is -2.05. The molecule has 0 aliphatic carbocycles. The van der Waals surface area contributed by atoms with Crippen LogP contribution < -0.4 is 5.73 Å². The van der Waals surface area contributed by atoms with Crippen LogP contribution in [-0.4, -0.2) is 22.9 Å². The number of ketones is 1. The predicted molar refractivity (Wildman–Crippen MR) is 55.4 cm³/mol. The lowest BCUT2D eigenvalue weighted by atomic mass is 10.0. The number of hydrogen-bond donors (Lipinski definition) is 2. The number of Topliss-reactive ketones (excluding diaryl/α,β-unsaturated/α-hetero) is 1. The Morgan fingerprint density at radius 1 is 1.27 bits per heavy atom. The van der Waals surface area contributed by atoms with E-state index < -0.39 is 12.0 Å². The zero-order chi connectivity index (χ0) is 11.3. The molecular weight excluding hydrogens is 194 g/mol. The summed E-state index contributed by atoms with van der Waals surface area (Å²) in [5, 5.41) is 8.52. The van der Waals surface area contributed by atoms with Gasteiger partial charge in [0.15, 0.2) is 0 Å². The molecule has 0 radical (unpaired) electrons. The molecule has 1 unspecified atom stereocenters. The number of hydrogen-bond acceptors (Lipinski definition) is 3. The van der Waals surface area contributed by atoms with Gasteiger partial charge < -0.3 is 10.8 Å². The van der Waals surface area contributed by atoms with Crippen molar-refractivity contribution in [3.05, 3.63) is 35.9 Å². The molecule has 1 aromatic carbocycles. The lowest BCUT2D eigenvalue weighted by Crippen LogP contribution is -2.32. The third-order valence-corrected chi connectivity index (χ3v) is 2.01. The van der Waals surface area contributed by atoms with Crippen LogP contribution in [0.1, 0.15) is 12.0 Å². The van der Waals surface area contributed by atoms with Crippen LogP contribution in [0.25, 0.3) is 0 Å². The standard InChI is InChI=1S/C11H13NO3/c12-10(11(14)15)7-9(13)6-8-4-2-1-3-5-8/h1-5,10H,6-7,12H2,(H,14,15). The molecule has 1 aromatic rings. The predicted octanol–water partition coefficient (Wildman–Crippen LogP) is 0.600. The highest BCUT2D eigenvalue weighted by Crippen LogP contribution is 2.03. The fourth-order valence-electron chi connectivity index (χ4n) is 1.23. The number of carboxylic acids is 1. The average molecular weight is 207 g/mol. The van der Waals surface area contributed by atoms with Crippen molar-refractivity contribution in [2.45, 2.75) is 18.9 Å². The molecule has 0 amide bonds. The van der Waals surface area contributed by atoms with Gasteiger partial charge in [-0.15, -0.1) is 0 Å². The first-order valence-corrected chi connectivity index (χ1v) is 4.63. The molecule has 4 heteroatoms. The molecule has 15 heavy (non-hydrogen) atoms. The summed E-state index contributed by atoms with van der Waals surface area (Å²) in [5.74, 6) is -1.30. The van der Waals surface area contributed by atoms with Crippen LogP contribution >= 0.6 is 0 Å². The van der Waals surface area contributed by atoms with Crippen LogP contribution in [0.2, 0.25) is 0 Å². The average Bonchev–Trinajstić information content (AvgIpc) is 2.18. The molecule has 0 saturated carbocycles. The fourth-order valence-corrected chi connectivity index (χ4v) is 1.23. The van der Waals surface area contributed by atoms with E-state index in [2.05, 4.69) is 0 Å². The zero-order valence-corrected chi connectivity index (χ0v) is 8.22. The normalized spacial score (nSPS) is 12.1. The van der Waals surface area contributed by atoms with E-state index in [1.807, 2.05) is 30.3 Å². The van der Waals surface area contributed by atoms with Gasteiger partial charge >= 0.3 is 5.97 Å². The van der Waals surface area contributed by atoms with Gasteiger partial charge in [-0.05, 0) is 5.56 Å². The molecule has 0 saturated heterocycles. The number of carboxylic acid groups (broad SMARTS) is 1.